The molecule has 2 aromatic rings. The molecule has 154 valence electrons. The van der Waals surface area contributed by atoms with Crippen molar-refractivity contribution < 1.29 is 14.3 Å². The van der Waals surface area contributed by atoms with Gasteiger partial charge in [-0.15, -0.1) is 0 Å². The number of benzene rings is 2. The van der Waals surface area contributed by atoms with Crippen LogP contribution in [-0.4, -0.2) is 53.5 Å². The monoisotopic (exact) mass is 396 g/mol. The zero-order chi connectivity index (χ0) is 20.8. The Morgan fingerprint density at radius 2 is 1.83 bits per heavy atom. The SMILES string of the molecule is COc1cc(N2CCCC2)c(OC)cc1/C=N\NC(=O)c1cccc(N(C)C)c1. The van der Waals surface area contributed by atoms with Gasteiger partial charge in [0.1, 0.15) is 11.5 Å². The first kappa shape index (κ1) is 20.5. The fraction of sp³-hybridized carbons (Fsp3) is 0.364. The van der Waals surface area contributed by atoms with Gasteiger partial charge >= 0.3 is 0 Å². The lowest BCUT2D eigenvalue weighted by Gasteiger charge is -2.22. The number of methoxy groups -OCH3 is 2. The zero-order valence-electron chi connectivity index (χ0n) is 17.4. The average molecular weight is 396 g/mol. The highest BCUT2D eigenvalue weighted by molar-refractivity contribution is 5.96. The van der Waals surface area contributed by atoms with Gasteiger partial charge in [0.25, 0.3) is 5.91 Å². The molecule has 1 N–H and O–H groups in total. The summed E-state index contributed by atoms with van der Waals surface area (Å²) in [5.74, 6) is 1.17. The molecule has 2 aromatic carbocycles. The Morgan fingerprint density at radius 1 is 1.10 bits per heavy atom. The Hall–Kier alpha value is -3.22. The fourth-order valence-electron chi connectivity index (χ4n) is 3.36. The van der Waals surface area contributed by atoms with Crippen LogP contribution in [0.3, 0.4) is 0 Å². The molecule has 0 radical (unpaired) electrons. The van der Waals surface area contributed by atoms with E-state index in [1.165, 1.54) is 12.8 Å². The van der Waals surface area contributed by atoms with Gasteiger partial charge in [-0.25, -0.2) is 5.43 Å². The number of hydrogen-bond acceptors (Lipinski definition) is 6. The minimum absolute atomic E-state index is 0.274. The minimum Gasteiger partial charge on any atom is -0.496 e. The molecule has 1 heterocycles. The highest BCUT2D eigenvalue weighted by atomic mass is 16.5. The van der Waals surface area contributed by atoms with Crippen LogP contribution in [-0.2, 0) is 0 Å². The number of rotatable bonds is 7. The Kier molecular flexibility index (Phi) is 6.59. The Labute approximate surface area is 171 Å². The zero-order valence-corrected chi connectivity index (χ0v) is 17.4. The van der Waals surface area contributed by atoms with Gasteiger partial charge in [0.15, 0.2) is 0 Å². The number of carbonyl (C=O) groups is 1. The molecular formula is C22H28N4O3. The first-order chi connectivity index (χ1) is 14.0. The molecule has 7 heteroatoms. The van der Waals surface area contributed by atoms with Gasteiger partial charge in [0, 0.05) is 50.1 Å². The van der Waals surface area contributed by atoms with Crippen LogP contribution in [0.1, 0.15) is 28.8 Å². The quantitative estimate of drug-likeness (QED) is 0.575. The van der Waals surface area contributed by atoms with E-state index in [0.717, 1.165) is 35.8 Å². The summed E-state index contributed by atoms with van der Waals surface area (Å²) in [6.07, 6.45) is 3.92. The molecule has 0 spiro atoms. The number of nitrogens with zero attached hydrogens (tertiary/aromatic N) is 3. The fourth-order valence-corrected chi connectivity index (χ4v) is 3.36. The van der Waals surface area contributed by atoms with Crippen molar-refractivity contribution in [3.05, 3.63) is 47.5 Å². The van der Waals surface area contributed by atoms with Crippen molar-refractivity contribution in [1.29, 1.82) is 0 Å². The molecule has 1 aliphatic heterocycles. The third-order valence-corrected chi connectivity index (χ3v) is 4.97. The molecule has 1 fully saturated rings. The van der Waals surface area contributed by atoms with Crippen LogP contribution in [0.4, 0.5) is 11.4 Å². The molecule has 0 unspecified atom stereocenters. The van der Waals surface area contributed by atoms with E-state index in [1.807, 2.05) is 49.3 Å². The van der Waals surface area contributed by atoms with Crippen molar-refractivity contribution in [2.24, 2.45) is 5.10 Å². The van der Waals surface area contributed by atoms with E-state index in [-0.39, 0.29) is 5.91 Å². The minimum atomic E-state index is -0.274. The summed E-state index contributed by atoms with van der Waals surface area (Å²) in [6.45, 7) is 2.02. The summed E-state index contributed by atoms with van der Waals surface area (Å²) in [7, 11) is 7.14. The average Bonchev–Trinajstić information content (AvgIpc) is 3.28. The van der Waals surface area contributed by atoms with E-state index in [4.69, 9.17) is 9.47 Å². The number of hydrazone groups is 1. The topological polar surface area (TPSA) is 66.4 Å². The normalized spacial score (nSPS) is 13.6. The first-order valence-electron chi connectivity index (χ1n) is 9.65. The summed E-state index contributed by atoms with van der Waals surface area (Å²) in [4.78, 5) is 16.6. The Balaban J connectivity index is 1.77. The molecule has 0 aliphatic carbocycles. The second-order valence-corrected chi connectivity index (χ2v) is 7.10. The molecule has 0 atom stereocenters. The summed E-state index contributed by atoms with van der Waals surface area (Å²) in [5.41, 5.74) is 5.82. The van der Waals surface area contributed by atoms with Crippen LogP contribution in [0.2, 0.25) is 0 Å². The van der Waals surface area contributed by atoms with Gasteiger partial charge in [-0.2, -0.15) is 5.10 Å². The number of hydrogen-bond donors (Lipinski definition) is 1. The highest BCUT2D eigenvalue weighted by Crippen LogP contribution is 2.36. The van der Waals surface area contributed by atoms with Crippen LogP contribution < -0.4 is 24.7 Å². The molecule has 1 saturated heterocycles. The smallest absolute Gasteiger partial charge is 0.271 e. The van der Waals surface area contributed by atoms with Gasteiger partial charge in [-0.05, 0) is 37.1 Å². The molecule has 29 heavy (non-hydrogen) atoms. The van der Waals surface area contributed by atoms with Crippen molar-refractivity contribution in [1.82, 2.24) is 5.43 Å². The summed E-state index contributed by atoms with van der Waals surface area (Å²) in [5, 5.41) is 4.12. The van der Waals surface area contributed by atoms with Gasteiger partial charge in [0.05, 0.1) is 26.1 Å². The van der Waals surface area contributed by atoms with Crippen molar-refractivity contribution in [3.63, 3.8) is 0 Å². The largest absolute Gasteiger partial charge is 0.496 e. The predicted molar refractivity (Wildman–Crippen MR) is 117 cm³/mol. The number of amides is 1. The van der Waals surface area contributed by atoms with Crippen molar-refractivity contribution >= 4 is 23.5 Å². The standard InChI is InChI=1S/C22H28N4O3/c1-25(2)18-9-7-8-16(12-18)22(27)24-23-15-17-13-21(29-4)19(14-20(17)28-3)26-10-5-6-11-26/h7-9,12-15H,5-6,10-11H2,1-4H3,(H,24,27)/b23-15-. The lowest BCUT2D eigenvalue weighted by atomic mass is 10.1. The van der Waals surface area contributed by atoms with Crippen molar-refractivity contribution in [2.75, 3.05) is 51.2 Å². The van der Waals surface area contributed by atoms with Crippen LogP contribution in [0, 0.1) is 0 Å². The maximum absolute atomic E-state index is 12.4. The van der Waals surface area contributed by atoms with Crippen molar-refractivity contribution in [3.8, 4) is 11.5 Å². The Bertz CT molecular complexity index is 890. The van der Waals surface area contributed by atoms with Gasteiger partial charge in [0.2, 0.25) is 0 Å². The maximum Gasteiger partial charge on any atom is 0.271 e. The van der Waals surface area contributed by atoms with Gasteiger partial charge < -0.3 is 19.3 Å². The van der Waals surface area contributed by atoms with E-state index in [2.05, 4.69) is 15.4 Å². The molecule has 7 nitrogen and oxygen atoms in total. The van der Waals surface area contributed by atoms with Crippen LogP contribution in [0.5, 0.6) is 11.5 Å². The third-order valence-electron chi connectivity index (χ3n) is 4.97. The van der Waals surface area contributed by atoms with Crippen LogP contribution >= 0.6 is 0 Å². The van der Waals surface area contributed by atoms with Gasteiger partial charge in [-0.3, -0.25) is 4.79 Å². The molecule has 1 aliphatic rings. The molecule has 3 rings (SSSR count). The maximum atomic E-state index is 12.4. The number of carbonyl (C=O) groups excluding carboxylic acids is 1. The van der Waals surface area contributed by atoms with E-state index < -0.39 is 0 Å². The summed E-state index contributed by atoms with van der Waals surface area (Å²) < 4.78 is 11.1. The Morgan fingerprint density at radius 3 is 2.48 bits per heavy atom. The highest BCUT2D eigenvalue weighted by Gasteiger charge is 2.19. The van der Waals surface area contributed by atoms with Crippen LogP contribution in [0.25, 0.3) is 0 Å². The molecule has 0 saturated carbocycles. The van der Waals surface area contributed by atoms with E-state index in [0.29, 0.717) is 11.3 Å². The first-order valence-corrected chi connectivity index (χ1v) is 9.65. The number of nitrogens with one attached hydrogen (secondary N) is 1. The number of anilines is 2. The molecule has 0 aromatic heterocycles. The predicted octanol–water partition coefficient (Wildman–Crippen LogP) is 3.13. The second kappa shape index (κ2) is 9.32. The molecule has 0 bridgehead atoms. The number of ether oxygens (including phenoxy) is 2. The molecule has 1 amide bonds. The van der Waals surface area contributed by atoms with Gasteiger partial charge in [-0.1, -0.05) is 6.07 Å². The summed E-state index contributed by atoms with van der Waals surface area (Å²) >= 11 is 0. The lowest BCUT2D eigenvalue weighted by molar-refractivity contribution is 0.0955. The van der Waals surface area contributed by atoms with Crippen LogP contribution in [0.15, 0.2) is 41.5 Å². The van der Waals surface area contributed by atoms with Crippen molar-refractivity contribution in [2.45, 2.75) is 12.8 Å². The third kappa shape index (κ3) is 4.80. The summed E-state index contributed by atoms with van der Waals surface area (Å²) in [6, 6.07) is 11.2. The second-order valence-electron chi connectivity index (χ2n) is 7.10. The molecular weight excluding hydrogens is 368 g/mol. The van der Waals surface area contributed by atoms with E-state index in [1.54, 1.807) is 26.5 Å². The lowest BCUT2D eigenvalue weighted by Crippen LogP contribution is -2.19. The van der Waals surface area contributed by atoms with E-state index in [9.17, 15) is 4.79 Å². The van der Waals surface area contributed by atoms with E-state index >= 15 is 0 Å².